The lowest BCUT2D eigenvalue weighted by molar-refractivity contribution is -0.142. The quantitative estimate of drug-likeness (QED) is 0.0270. The number of nitrogens with one attached hydrogen (secondary N) is 4. The second-order valence-electron chi connectivity index (χ2n) is 14.9. The van der Waals surface area contributed by atoms with Gasteiger partial charge in [-0.25, -0.2) is 0 Å². The van der Waals surface area contributed by atoms with Crippen LogP contribution in [0.1, 0.15) is 149 Å². The number of carbonyl (C=O) groups is 5. The molecule has 0 aromatic carbocycles. The first-order chi connectivity index (χ1) is 26.4. The highest BCUT2D eigenvalue weighted by atomic mass is 16.3. The van der Waals surface area contributed by atoms with Gasteiger partial charge in [0.15, 0.2) is 5.96 Å². The summed E-state index contributed by atoms with van der Waals surface area (Å²) in [6, 6.07) is -3.98. The monoisotopic (exact) mass is 781 g/mol. The number of aliphatic hydroxyl groups excluding tert-OH is 1. The van der Waals surface area contributed by atoms with Gasteiger partial charge in [0.05, 0.1) is 6.10 Å². The summed E-state index contributed by atoms with van der Waals surface area (Å²) in [5.74, 6) is -2.18. The molecule has 0 aromatic heterocycles. The number of amides is 5. The van der Waals surface area contributed by atoms with Crippen molar-refractivity contribution in [3.8, 4) is 0 Å². The van der Waals surface area contributed by atoms with Gasteiger partial charge in [0.2, 0.25) is 29.5 Å². The average Bonchev–Trinajstić information content (AvgIpc) is 3.65. The number of nitrogens with two attached hydrogens (primary N) is 4. The topological polar surface area (TPSA) is 273 Å². The zero-order chi connectivity index (χ0) is 40.8. The Kier molecular flexibility index (Phi) is 27.6. The molecule has 0 unspecified atom stereocenters. The van der Waals surface area contributed by atoms with E-state index in [9.17, 15) is 29.1 Å². The van der Waals surface area contributed by atoms with Gasteiger partial charge in [-0.15, -0.1) is 0 Å². The van der Waals surface area contributed by atoms with Gasteiger partial charge in [-0.2, -0.15) is 0 Å². The van der Waals surface area contributed by atoms with Gasteiger partial charge in [0, 0.05) is 32.6 Å². The molecular weight excluding hydrogens is 704 g/mol. The van der Waals surface area contributed by atoms with Crippen molar-refractivity contribution in [2.75, 3.05) is 32.7 Å². The fraction of sp³-hybridized carbons (Fsp3) is 0.846. The summed E-state index contributed by atoms with van der Waals surface area (Å²) in [5.41, 5.74) is 22.3. The maximum atomic E-state index is 13.7. The third kappa shape index (κ3) is 22.6. The van der Waals surface area contributed by atoms with E-state index in [0.29, 0.717) is 51.6 Å². The Hall–Kier alpha value is -3.50. The lowest BCUT2D eigenvalue weighted by atomic mass is 10.0. The summed E-state index contributed by atoms with van der Waals surface area (Å²) in [5, 5.41) is 20.9. The summed E-state index contributed by atoms with van der Waals surface area (Å²) in [6.45, 7) is 5.02. The van der Waals surface area contributed by atoms with Crippen molar-refractivity contribution in [3.63, 3.8) is 0 Å². The van der Waals surface area contributed by atoms with Gasteiger partial charge in [0.1, 0.15) is 24.2 Å². The van der Waals surface area contributed by atoms with E-state index in [1.807, 2.05) is 0 Å². The van der Waals surface area contributed by atoms with Crippen molar-refractivity contribution in [1.82, 2.24) is 26.2 Å². The first kappa shape index (κ1) is 49.5. The summed E-state index contributed by atoms with van der Waals surface area (Å²) < 4.78 is 0. The molecule has 0 saturated carbocycles. The Morgan fingerprint density at radius 2 is 1.35 bits per heavy atom. The molecule has 0 aromatic rings. The minimum Gasteiger partial charge on any atom is -0.391 e. The van der Waals surface area contributed by atoms with Crippen molar-refractivity contribution in [2.45, 2.75) is 179 Å². The van der Waals surface area contributed by atoms with E-state index in [4.69, 9.17) is 22.9 Å². The lowest BCUT2D eigenvalue weighted by Gasteiger charge is -2.30. The van der Waals surface area contributed by atoms with Gasteiger partial charge in [-0.1, -0.05) is 84.0 Å². The predicted molar refractivity (Wildman–Crippen MR) is 217 cm³/mol. The standard InChI is InChI=1S/C39H76N10O6/c1-3-4-5-6-7-8-9-10-11-12-13-14-15-23-33(51)44-26-27-45-35(52)30(21-18-25-46-39(42)43)47-36(53)32-22-19-28-49(32)38(55)31(20-16-17-24-40)48-37(54)34(41)29(2)50/h29-32,34,50H,3-28,40-41H2,1-2H3,(H,44,51)(H,45,52)(H,47,53)(H,48,54)(H4,42,43,46)/t29-,30+,31+,32+,34+/m1/s1. The largest absolute Gasteiger partial charge is 0.391 e. The van der Waals surface area contributed by atoms with E-state index < -0.39 is 53.9 Å². The van der Waals surface area contributed by atoms with Crippen LogP contribution in [0.5, 0.6) is 0 Å². The average molecular weight is 781 g/mol. The van der Waals surface area contributed by atoms with Crippen molar-refractivity contribution in [1.29, 1.82) is 0 Å². The number of hydrogen-bond acceptors (Lipinski definition) is 9. The fourth-order valence-electron chi connectivity index (χ4n) is 6.68. The van der Waals surface area contributed by atoms with Crippen molar-refractivity contribution < 1.29 is 29.1 Å². The zero-order valence-corrected chi connectivity index (χ0v) is 34.0. The van der Waals surface area contributed by atoms with Crippen LogP contribution < -0.4 is 44.2 Å². The van der Waals surface area contributed by atoms with Crippen LogP contribution in [-0.4, -0.2) is 108 Å². The number of unbranched alkanes of at least 4 members (excludes halogenated alkanes) is 13. The molecule has 0 radical (unpaired) electrons. The number of aliphatic hydroxyl groups is 1. The SMILES string of the molecule is CCCCCCCCCCCCCCCC(=O)NCCNC(=O)[C@H](CCCN=C(N)N)NC(=O)[C@@H]1CCCN1C(=O)[C@H](CCCCN)NC(=O)[C@@H](N)[C@@H](C)O. The first-order valence-electron chi connectivity index (χ1n) is 21.1. The molecule has 13 N–H and O–H groups in total. The molecule has 0 bridgehead atoms. The van der Waals surface area contributed by atoms with Crippen LogP contribution in [0, 0.1) is 0 Å². The molecule has 1 aliphatic heterocycles. The smallest absolute Gasteiger partial charge is 0.245 e. The molecule has 1 fully saturated rings. The third-order valence-corrected chi connectivity index (χ3v) is 10.1. The van der Waals surface area contributed by atoms with Gasteiger partial charge in [-0.05, 0) is 64.8 Å². The molecule has 16 heteroatoms. The number of nitrogens with zero attached hydrogens (tertiary/aromatic N) is 2. The fourth-order valence-corrected chi connectivity index (χ4v) is 6.68. The highest BCUT2D eigenvalue weighted by molar-refractivity contribution is 5.95. The molecule has 1 heterocycles. The number of rotatable bonds is 32. The Bertz CT molecular complexity index is 1140. The maximum absolute atomic E-state index is 13.7. The Labute approximate surface area is 329 Å². The molecule has 1 saturated heterocycles. The van der Waals surface area contributed by atoms with E-state index in [1.165, 1.54) is 76.0 Å². The highest BCUT2D eigenvalue weighted by Crippen LogP contribution is 2.21. The minimum atomic E-state index is -1.22. The molecule has 16 nitrogen and oxygen atoms in total. The van der Waals surface area contributed by atoms with Crippen molar-refractivity contribution in [2.24, 2.45) is 27.9 Å². The molecule has 55 heavy (non-hydrogen) atoms. The molecule has 0 spiro atoms. The summed E-state index contributed by atoms with van der Waals surface area (Å²) in [6.07, 6.45) is 18.5. The van der Waals surface area contributed by atoms with Gasteiger partial charge in [0.25, 0.3) is 0 Å². The number of likely N-dealkylation sites (tertiary alicyclic amines) is 1. The van der Waals surface area contributed by atoms with Crippen LogP contribution in [0.25, 0.3) is 0 Å². The zero-order valence-electron chi connectivity index (χ0n) is 34.0. The Balaban J connectivity index is 2.62. The van der Waals surface area contributed by atoms with Crippen LogP contribution in [0.2, 0.25) is 0 Å². The molecule has 5 amide bonds. The first-order valence-corrected chi connectivity index (χ1v) is 21.1. The third-order valence-electron chi connectivity index (χ3n) is 10.1. The van der Waals surface area contributed by atoms with E-state index >= 15 is 0 Å². The maximum Gasteiger partial charge on any atom is 0.245 e. The van der Waals surface area contributed by atoms with Gasteiger partial charge < -0.3 is 54.2 Å². The van der Waals surface area contributed by atoms with Crippen LogP contribution in [0.15, 0.2) is 4.99 Å². The van der Waals surface area contributed by atoms with E-state index in [-0.39, 0.29) is 44.3 Å². The van der Waals surface area contributed by atoms with Crippen LogP contribution in [0.3, 0.4) is 0 Å². The van der Waals surface area contributed by atoms with Crippen LogP contribution >= 0.6 is 0 Å². The Morgan fingerprint density at radius 3 is 1.93 bits per heavy atom. The minimum absolute atomic E-state index is 0.0595. The number of aliphatic imine (C=N–C) groups is 1. The van der Waals surface area contributed by atoms with Crippen LogP contribution in [0.4, 0.5) is 0 Å². The van der Waals surface area contributed by atoms with E-state index in [0.717, 1.165) is 19.3 Å². The normalized spacial score (nSPS) is 16.1. The second kappa shape index (κ2) is 30.7. The summed E-state index contributed by atoms with van der Waals surface area (Å²) in [7, 11) is 0. The Morgan fingerprint density at radius 1 is 0.764 bits per heavy atom. The summed E-state index contributed by atoms with van der Waals surface area (Å²) >= 11 is 0. The lowest BCUT2D eigenvalue weighted by Crippen LogP contribution is -2.58. The predicted octanol–water partition coefficient (Wildman–Crippen LogP) is 1.55. The van der Waals surface area contributed by atoms with E-state index in [1.54, 1.807) is 0 Å². The molecule has 0 aliphatic carbocycles. The second-order valence-corrected chi connectivity index (χ2v) is 14.9. The molecule has 318 valence electrons. The van der Waals surface area contributed by atoms with Gasteiger partial charge >= 0.3 is 0 Å². The van der Waals surface area contributed by atoms with E-state index in [2.05, 4.69) is 33.2 Å². The molecule has 1 rings (SSSR count). The van der Waals surface area contributed by atoms with Crippen molar-refractivity contribution >= 4 is 35.5 Å². The van der Waals surface area contributed by atoms with Crippen molar-refractivity contribution in [3.05, 3.63) is 0 Å². The number of guanidine groups is 1. The molecular formula is C39H76N10O6. The summed E-state index contributed by atoms with van der Waals surface area (Å²) in [4.78, 5) is 71.1. The van der Waals surface area contributed by atoms with Gasteiger partial charge in [-0.3, -0.25) is 29.0 Å². The number of carbonyl (C=O) groups excluding carboxylic acids is 5. The number of hydrogen-bond donors (Lipinski definition) is 9. The highest BCUT2D eigenvalue weighted by Gasteiger charge is 2.39. The van der Waals surface area contributed by atoms with Crippen LogP contribution in [-0.2, 0) is 24.0 Å². The molecule has 5 atom stereocenters. The molecule has 1 aliphatic rings.